The van der Waals surface area contributed by atoms with Crippen LogP contribution in [0, 0.1) is 11.6 Å². The number of hydrogen-bond donors (Lipinski definition) is 2. The summed E-state index contributed by atoms with van der Waals surface area (Å²) in [5, 5.41) is 8.95. The van der Waals surface area contributed by atoms with E-state index >= 15 is 0 Å². The molecule has 0 aliphatic carbocycles. The number of fused-ring (bicyclic) bond motifs is 2. The van der Waals surface area contributed by atoms with Gasteiger partial charge in [-0.2, -0.15) is 0 Å². The lowest BCUT2D eigenvalue weighted by Gasteiger charge is -2.34. The first-order valence-electron chi connectivity index (χ1n) is 12.5. The number of anilines is 4. The summed E-state index contributed by atoms with van der Waals surface area (Å²) in [5.74, 6) is -0.718. The third kappa shape index (κ3) is 4.67. The fourth-order valence-electron chi connectivity index (χ4n) is 4.88. The molecule has 0 spiro atoms. The van der Waals surface area contributed by atoms with Crippen molar-refractivity contribution < 1.29 is 13.5 Å². The lowest BCUT2D eigenvalue weighted by molar-refractivity contribution is 0.287. The van der Waals surface area contributed by atoms with E-state index in [0.717, 1.165) is 43.4 Å². The third-order valence-electron chi connectivity index (χ3n) is 6.74. The number of piperazine rings is 1. The van der Waals surface area contributed by atoms with E-state index in [1.54, 1.807) is 17.4 Å². The molecule has 2 aliphatic rings. The summed E-state index contributed by atoms with van der Waals surface area (Å²) in [7, 11) is 0. The Morgan fingerprint density at radius 1 is 1.05 bits per heavy atom. The quantitative estimate of drug-likeness (QED) is 0.364. The van der Waals surface area contributed by atoms with Gasteiger partial charge in [-0.3, -0.25) is 0 Å². The van der Waals surface area contributed by atoms with E-state index in [2.05, 4.69) is 42.5 Å². The summed E-state index contributed by atoms with van der Waals surface area (Å²) < 4.78 is 36.6. The highest BCUT2D eigenvalue weighted by Gasteiger charge is 2.25. The predicted molar refractivity (Wildman–Crippen MR) is 146 cm³/mol. The number of aromatic nitrogens is 2. The van der Waals surface area contributed by atoms with Gasteiger partial charge in [0.15, 0.2) is 17.4 Å². The SMILES string of the molecule is CC(C)N1CCOc2c(F)cc(-c3nc(Nc4ccc5sc(N6CCNCC6)cc5c4)ncc3F)cc21. The smallest absolute Gasteiger partial charge is 0.227 e. The second-order valence-electron chi connectivity index (χ2n) is 9.53. The molecule has 1 saturated heterocycles. The largest absolute Gasteiger partial charge is 0.486 e. The molecule has 0 saturated carbocycles. The average molecular weight is 523 g/mol. The highest BCUT2D eigenvalue weighted by Crippen LogP contribution is 2.40. The molecule has 2 aromatic heterocycles. The van der Waals surface area contributed by atoms with Gasteiger partial charge in [0.2, 0.25) is 5.95 Å². The molecule has 37 heavy (non-hydrogen) atoms. The van der Waals surface area contributed by atoms with Crippen LogP contribution in [-0.2, 0) is 0 Å². The molecule has 0 amide bonds. The van der Waals surface area contributed by atoms with E-state index in [-0.39, 0.29) is 23.4 Å². The molecule has 10 heteroatoms. The molecule has 2 aliphatic heterocycles. The molecule has 7 nitrogen and oxygen atoms in total. The van der Waals surface area contributed by atoms with Crippen molar-refractivity contribution in [3.8, 4) is 17.0 Å². The molecular weight excluding hydrogens is 494 g/mol. The van der Waals surface area contributed by atoms with Crippen molar-refractivity contribution in [2.45, 2.75) is 19.9 Å². The van der Waals surface area contributed by atoms with Gasteiger partial charge < -0.3 is 25.2 Å². The van der Waals surface area contributed by atoms with Crippen molar-refractivity contribution in [3.63, 3.8) is 0 Å². The van der Waals surface area contributed by atoms with E-state index < -0.39 is 11.6 Å². The van der Waals surface area contributed by atoms with Crippen LogP contribution in [0.5, 0.6) is 5.75 Å². The second kappa shape index (κ2) is 9.75. The summed E-state index contributed by atoms with van der Waals surface area (Å²) in [4.78, 5) is 13.0. The van der Waals surface area contributed by atoms with Gasteiger partial charge in [0.25, 0.3) is 0 Å². The summed E-state index contributed by atoms with van der Waals surface area (Å²) in [6, 6.07) is 11.4. The Labute approximate surface area is 218 Å². The lowest BCUT2D eigenvalue weighted by atomic mass is 10.1. The van der Waals surface area contributed by atoms with Gasteiger partial charge in [0, 0.05) is 48.2 Å². The van der Waals surface area contributed by atoms with Crippen LogP contribution in [0.2, 0.25) is 0 Å². The van der Waals surface area contributed by atoms with Crippen LogP contribution in [-0.4, -0.2) is 55.3 Å². The summed E-state index contributed by atoms with van der Waals surface area (Å²) in [6.45, 7) is 9.07. The Kier molecular flexibility index (Phi) is 6.29. The van der Waals surface area contributed by atoms with E-state index in [9.17, 15) is 8.78 Å². The average Bonchev–Trinajstić information content (AvgIpc) is 3.33. The zero-order chi connectivity index (χ0) is 25.5. The molecule has 2 N–H and O–H groups in total. The number of nitrogens with one attached hydrogen (secondary N) is 2. The van der Waals surface area contributed by atoms with E-state index in [0.29, 0.717) is 24.4 Å². The first-order valence-corrected chi connectivity index (χ1v) is 13.3. The molecule has 0 atom stereocenters. The van der Waals surface area contributed by atoms with E-state index in [4.69, 9.17) is 4.74 Å². The van der Waals surface area contributed by atoms with Crippen molar-refractivity contribution in [1.29, 1.82) is 0 Å². The zero-order valence-corrected chi connectivity index (χ0v) is 21.5. The van der Waals surface area contributed by atoms with Crippen molar-refractivity contribution in [1.82, 2.24) is 15.3 Å². The molecule has 4 heterocycles. The van der Waals surface area contributed by atoms with E-state index in [1.165, 1.54) is 15.8 Å². The molecule has 192 valence electrons. The molecular formula is C27H28F2N6OS. The number of benzene rings is 2. The number of thiophene rings is 1. The Balaban J connectivity index is 1.30. The minimum absolute atomic E-state index is 0.0334. The standard InChI is InChI=1S/C27H28F2N6OS/c1-16(2)35-9-10-36-26-20(28)12-18(13-22(26)35)25-21(29)15-31-27(33-25)32-19-3-4-23-17(11-19)14-24(37-23)34-7-5-30-6-8-34/h3-4,11-16,30H,5-10H2,1-2H3,(H,31,32,33). The molecule has 0 unspecified atom stereocenters. The zero-order valence-electron chi connectivity index (χ0n) is 20.7. The number of ether oxygens (including phenoxy) is 1. The molecule has 2 aromatic carbocycles. The summed E-state index contributed by atoms with van der Waals surface area (Å²) in [5.41, 5.74) is 1.77. The number of hydrogen-bond acceptors (Lipinski definition) is 8. The Morgan fingerprint density at radius 2 is 1.89 bits per heavy atom. The minimum Gasteiger partial charge on any atom is -0.486 e. The highest BCUT2D eigenvalue weighted by atomic mass is 32.1. The van der Waals surface area contributed by atoms with Crippen molar-refractivity contribution in [3.05, 3.63) is 54.2 Å². The maximum absolute atomic E-state index is 15.0. The molecule has 0 bridgehead atoms. The molecule has 1 fully saturated rings. The van der Waals surface area contributed by atoms with Gasteiger partial charge >= 0.3 is 0 Å². The monoisotopic (exact) mass is 522 g/mol. The van der Waals surface area contributed by atoms with Gasteiger partial charge in [-0.15, -0.1) is 11.3 Å². The Bertz CT molecular complexity index is 1450. The number of nitrogens with zero attached hydrogens (tertiary/aromatic N) is 4. The molecule has 6 rings (SSSR count). The van der Waals surface area contributed by atoms with Crippen LogP contribution in [0.4, 0.5) is 31.1 Å². The van der Waals surface area contributed by atoms with Crippen molar-refractivity contribution in [2.24, 2.45) is 0 Å². The fraction of sp³-hybridized carbons (Fsp3) is 0.333. The number of rotatable bonds is 5. The number of halogens is 2. The van der Waals surface area contributed by atoms with Crippen LogP contribution in [0.3, 0.4) is 0 Å². The third-order valence-corrected chi connectivity index (χ3v) is 7.92. The lowest BCUT2D eigenvalue weighted by Crippen LogP contribution is -2.43. The normalized spacial score (nSPS) is 15.7. The van der Waals surface area contributed by atoms with Crippen LogP contribution in [0.1, 0.15) is 13.8 Å². The van der Waals surface area contributed by atoms with Crippen LogP contribution >= 0.6 is 11.3 Å². The second-order valence-corrected chi connectivity index (χ2v) is 10.6. The first kappa shape index (κ1) is 23.9. The Morgan fingerprint density at radius 3 is 2.70 bits per heavy atom. The van der Waals surface area contributed by atoms with E-state index in [1.807, 2.05) is 26.0 Å². The van der Waals surface area contributed by atoms with Crippen LogP contribution < -0.4 is 25.2 Å². The topological polar surface area (TPSA) is 65.6 Å². The summed E-state index contributed by atoms with van der Waals surface area (Å²) in [6.07, 6.45) is 1.12. The maximum Gasteiger partial charge on any atom is 0.227 e. The van der Waals surface area contributed by atoms with Gasteiger partial charge in [-0.1, -0.05) is 0 Å². The Hall–Kier alpha value is -3.50. The van der Waals surface area contributed by atoms with Gasteiger partial charge in [-0.05, 0) is 55.6 Å². The van der Waals surface area contributed by atoms with Gasteiger partial charge in [-0.25, -0.2) is 18.7 Å². The highest BCUT2D eigenvalue weighted by molar-refractivity contribution is 7.22. The van der Waals surface area contributed by atoms with Crippen LogP contribution in [0.15, 0.2) is 42.6 Å². The minimum atomic E-state index is -0.619. The predicted octanol–water partition coefficient (Wildman–Crippen LogP) is 5.40. The van der Waals surface area contributed by atoms with Gasteiger partial charge in [0.1, 0.15) is 12.3 Å². The van der Waals surface area contributed by atoms with Crippen LogP contribution in [0.25, 0.3) is 21.3 Å². The fourth-order valence-corrected chi connectivity index (χ4v) is 5.98. The molecule has 0 radical (unpaired) electrons. The maximum atomic E-state index is 15.0. The van der Waals surface area contributed by atoms with Gasteiger partial charge in [0.05, 0.1) is 23.4 Å². The first-order chi connectivity index (χ1) is 18.0. The summed E-state index contributed by atoms with van der Waals surface area (Å²) >= 11 is 1.77. The molecule has 4 aromatic rings. The van der Waals surface area contributed by atoms with Crippen molar-refractivity contribution in [2.75, 3.05) is 54.4 Å². The van der Waals surface area contributed by atoms with Crippen molar-refractivity contribution >= 4 is 43.7 Å².